The lowest BCUT2D eigenvalue weighted by molar-refractivity contribution is 0.203. The predicted molar refractivity (Wildman–Crippen MR) is 81.7 cm³/mol. The summed E-state index contributed by atoms with van der Waals surface area (Å²) in [5, 5.41) is 5.68. The van der Waals surface area contributed by atoms with Crippen molar-refractivity contribution in [2.45, 2.75) is 25.9 Å². The topological polar surface area (TPSA) is 45.2 Å². The molecule has 1 heterocycles. The Kier molecular flexibility index (Phi) is 5.27. The molecule has 1 N–H and O–H groups in total. The van der Waals surface area contributed by atoms with Crippen molar-refractivity contribution in [3.8, 4) is 0 Å². The molecule has 1 aromatic heterocycles. The molecule has 0 bridgehead atoms. The van der Waals surface area contributed by atoms with Crippen molar-refractivity contribution in [1.29, 1.82) is 0 Å². The molecule has 1 aromatic carbocycles. The second kappa shape index (κ2) is 7.17. The van der Waals surface area contributed by atoms with E-state index < -0.39 is 0 Å². The molecule has 0 fully saturated rings. The van der Waals surface area contributed by atoms with Gasteiger partial charge in [-0.3, -0.25) is 0 Å². The van der Waals surface area contributed by atoms with Gasteiger partial charge in [0.2, 0.25) is 0 Å². The monoisotopic (exact) mass is 307 g/mol. The molecule has 0 aliphatic heterocycles. The van der Waals surface area contributed by atoms with Crippen LogP contribution >= 0.6 is 11.3 Å². The number of carbonyl (C=O) groups is 1. The number of halogens is 1. The van der Waals surface area contributed by atoms with Crippen molar-refractivity contribution in [2.75, 3.05) is 7.05 Å². The van der Waals surface area contributed by atoms with Crippen molar-refractivity contribution in [2.24, 2.45) is 0 Å². The summed E-state index contributed by atoms with van der Waals surface area (Å²) in [4.78, 5) is 17.8. The summed E-state index contributed by atoms with van der Waals surface area (Å²) < 4.78 is 13.1. The van der Waals surface area contributed by atoms with Gasteiger partial charge in [-0.15, -0.1) is 11.3 Å². The summed E-state index contributed by atoms with van der Waals surface area (Å²) in [6, 6.07) is 6.20. The minimum Gasteiger partial charge on any atom is -0.335 e. The number of hydrogen-bond acceptors (Lipinski definition) is 3. The molecule has 6 heteroatoms. The van der Waals surface area contributed by atoms with Gasteiger partial charge < -0.3 is 10.2 Å². The Morgan fingerprint density at radius 3 is 3.00 bits per heavy atom. The van der Waals surface area contributed by atoms with E-state index in [4.69, 9.17) is 0 Å². The highest BCUT2D eigenvalue weighted by Gasteiger charge is 2.13. The van der Waals surface area contributed by atoms with Gasteiger partial charge in [-0.1, -0.05) is 12.1 Å². The SMILES string of the molecule is CC(Cc1cccc(F)c1)NC(=O)N(C)Cc1nccs1. The van der Waals surface area contributed by atoms with Crippen LogP contribution in [-0.2, 0) is 13.0 Å². The Hall–Kier alpha value is -1.95. The van der Waals surface area contributed by atoms with Crippen LogP contribution in [-0.4, -0.2) is 29.0 Å². The Balaban J connectivity index is 1.84. The molecule has 0 aliphatic carbocycles. The molecule has 4 nitrogen and oxygen atoms in total. The molecule has 0 saturated heterocycles. The van der Waals surface area contributed by atoms with Gasteiger partial charge in [0.15, 0.2) is 0 Å². The molecule has 21 heavy (non-hydrogen) atoms. The third kappa shape index (κ3) is 4.82. The smallest absolute Gasteiger partial charge is 0.317 e. The Morgan fingerprint density at radius 2 is 2.33 bits per heavy atom. The first-order chi connectivity index (χ1) is 10.0. The van der Waals surface area contributed by atoms with Crippen LogP contribution in [0.2, 0.25) is 0 Å². The van der Waals surface area contributed by atoms with E-state index in [-0.39, 0.29) is 17.9 Å². The molecule has 112 valence electrons. The zero-order chi connectivity index (χ0) is 15.2. The van der Waals surface area contributed by atoms with Crippen LogP contribution in [0.1, 0.15) is 17.5 Å². The fourth-order valence-corrected chi connectivity index (χ4v) is 2.66. The van der Waals surface area contributed by atoms with E-state index in [9.17, 15) is 9.18 Å². The summed E-state index contributed by atoms with van der Waals surface area (Å²) in [6.07, 6.45) is 2.31. The van der Waals surface area contributed by atoms with Gasteiger partial charge in [-0.2, -0.15) is 0 Å². The third-order valence-electron chi connectivity index (χ3n) is 3.00. The lowest BCUT2D eigenvalue weighted by atomic mass is 10.1. The molecule has 0 saturated carbocycles. The third-order valence-corrected chi connectivity index (χ3v) is 3.77. The molecule has 1 atom stereocenters. The highest BCUT2D eigenvalue weighted by molar-refractivity contribution is 7.09. The molecule has 2 amide bonds. The van der Waals surface area contributed by atoms with Crippen LogP contribution in [0.15, 0.2) is 35.8 Å². The summed E-state index contributed by atoms with van der Waals surface area (Å²) in [7, 11) is 1.73. The van der Waals surface area contributed by atoms with Crippen LogP contribution in [0.25, 0.3) is 0 Å². The highest BCUT2D eigenvalue weighted by atomic mass is 32.1. The van der Waals surface area contributed by atoms with Crippen molar-refractivity contribution in [3.05, 3.63) is 52.2 Å². The molecule has 0 aliphatic rings. The van der Waals surface area contributed by atoms with Gasteiger partial charge in [-0.05, 0) is 31.0 Å². The number of carbonyl (C=O) groups excluding carboxylic acids is 1. The molecule has 2 aromatic rings. The first-order valence-electron chi connectivity index (χ1n) is 6.69. The second-order valence-electron chi connectivity index (χ2n) is 4.97. The number of nitrogens with one attached hydrogen (secondary N) is 1. The van der Waals surface area contributed by atoms with Crippen molar-refractivity contribution >= 4 is 17.4 Å². The quantitative estimate of drug-likeness (QED) is 0.923. The normalized spacial score (nSPS) is 12.0. The van der Waals surface area contributed by atoms with Gasteiger partial charge in [0.05, 0.1) is 6.54 Å². The summed E-state index contributed by atoms with van der Waals surface area (Å²) in [5.41, 5.74) is 0.866. The standard InChI is InChI=1S/C15H18FN3OS/c1-11(8-12-4-3-5-13(16)9-12)18-15(20)19(2)10-14-17-6-7-21-14/h3-7,9,11H,8,10H2,1-2H3,(H,18,20). The maximum absolute atomic E-state index is 13.1. The van der Waals surface area contributed by atoms with E-state index in [1.165, 1.54) is 23.5 Å². The van der Waals surface area contributed by atoms with Crippen molar-refractivity contribution in [1.82, 2.24) is 15.2 Å². The van der Waals surface area contributed by atoms with Crippen molar-refractivity contribution in [3.63, 3.8) is 0 Å². The van der Waals surface area contributed by atoms with Crippen LogP contribution < -0.4 is 5.32 Å². The maximum Gasteiger partial charge on any atom is 0.317 e. The van der Waals surface area contributed by atoms with E-state index in [1.54, 1.807) is 24.2 Å². The van der Waals surface area contributed by atoms with Gasteiger partial charge in [0.1, 0.15) is 10.8 Å². The van der Waals surface area contributed by atoms with Crippen molar-refractivity contribution < 1.29 is 9.18 Å². The van der Waals surface area contributed by atoms with Gasteiger partial charge >= 0.3 is 6.03 Å². The van der Waals surface area contributed by atoms with E-state index >= 15 is 0 Å². The Labute approximate surface area is 127 Å². The van der Waals surface area contributed by atoms with E-state index in [0.717, 1.165) is 10.6 Å². The number of hydrogen-bond donors (Lipinski definition) is 1. The molecule has 0 radical (unpaired) electrons. The average molecular weight is 307 g/mol. The van der Waals surface area contributed by atoms with E-state index in [0.29, 0.717) is 13.0 Å². The predicted octanol–water partition coefficient (Wildman–Crippen LogP) is 3.05. The molecule has 0 spiro atoms. The minimum atomic E-state index is -0.257. The molecule has 1 unspecified atom stereocenters. The number of benzene rings is 1. The summed E-state index contributed by atoms with van der Waals surface area (Å²) >= 11 is 1.52. The van der Waals surface area contributed by atoms with Crippen LogP contribution in [0, 0.1) is 5.82 Å². The highest BCUT2D eigenvalue weighted by Crippen LogP contribution is 2.08. The Bertz CT molecular complexity index is 588. The molecular formula is C15H18FN3OS. The number of urea groups is 1. The fraction of sp³-hybridized carbons (Fsp3) is 0.333. The zero-order valence-electron chi connectivity index (χ0n) is 12.0. The fourth-order valence-electron chi connectivity index (χ4n) is 2.00. The van der Waals surface area contributed by atoms with Crippen LogP contribution in [0.3, 0.4) is 0 Å². The van der Waals surface area contributed by atoms with Gasteiger partial charge in [0.25, 0.3) is 0 Å². The van der Waals surface area contributed by atoms with Gasteiger partial charge in [0, 0.05) is 24.7 Å². The molecular weight excluding hydrogens is 289 g/mol. The summed E-state index contributed by atoms with van der Waals surface area (Å²) in [5.74, 6) is -0.257. The largest absolute Gasteiger partial charge is 0.335 e. The average Bonchev–Trinajstić information content (AvgIpc) is 2.91. The lowest BCUT2D eigenvalue weighted by Gasteiger charge is -2.20. The molecule has 2 rings (SSSR count). The van der Waals surface area contributed by atoms with Gasteiger partial charge in [-0.25, -0.2) is 14.2 Å². The number of thiazole rings is 1. The number of aromatic nitrogens is 1. The van der Waals surface area contributed by atoms with E-state index in [2.05, 4.69) is 10.3 Å². The first kappa shape index (κ1) is 15.4. The number of amides is 2. The van der Waals surface area contributed by atoms with Crippen LogP contribution in [0.4, 0.5) is 9.18 Å². The first-order valence-corrected chi connectivity index (χ1v) is 7.57. The summed E-state index contributed by atoms with van der Waals surface area (Å²) in [6.45, 7) is 2.39. The number of nitrogens with zero attached hydrogens (tertiary/aromatic N) is 2. The van der Waals surface area contributed by atoms with E-state index in [1.807, 2.05) is 18.4 Å². The minimum absolute atomic E-state index is 0.0713. The lowest BCUT2D eigenvalue weighted by Crippen LogP contribution is -2.42. The second-order valence-corrected chi connectivity index (χ2v) is 5.95. The van der Waals surface area contributed by atoms with Crippen LogP contribution in [0.5, 0.6) is 0 Å². The Morgan fingerprint density at radius 1 is 1.52 bits per heavy atom. The maximum atomic E-state index is 13.1. The zero-order valence-corrected chi connectivity index (χ0v) is 12.9. The number of rotatable bonds is 5.